The summed E-state index contributed by atoms with van der Waals surface area (Å²) in [5.41, 5.74) is 0. The highest BCUT2D eigenvalue weighted by Gasteiger charge is 2.56. The average molecular weight is 829 g/mol. The van der Waals surface area contributed by atoms with E-state index >= 15 is 0 Å². The first kappa shape index (κ1) is 46.0. The SMILES string of the molecule is OC[C@H]1O[C@H](O[C@@H]2[C@H](O)[C@@H](O[C@@H]3[C@H](O)[C@@H](O[C@@H]4[C@@H](O[C@@H]5C(O)O[C@H](CO)[C@@H](O)[C@@H]5O)O[C@H](CO)[C@@H](O)[C@@H]4O)O[C@H](CO)[C@H]3O)O[C@H](CO)[C@H]2O)[C@@H](O)[C@@H](O)[C@@H]1O. The standard InChI is InChI=1S/C30H52O26/c31-1-6-12(37)17(42)24(26(47)48-6)55-30-25(18(43)13(38)8(3-33)52-30)56-29-21(46)23(15(40)10(5-35)51-29)54-28-20(45)22(14(39)9(4-34)50-28)53-27-19(44)16(41)11(36)7(2-32)49-27/h6-47H,1-5H2/t6-,7-,8-,9-,10-,11-,12-,13-,14-,15-,16+,17+,18+,19+,20+,21+,22+,23+,24+,25+,26?,27-,28-,29-,30-/m1/s1. The van der Waals surface area contributed by atoms with Crippen molar-refractivity contribution in [2.24, 2.45) is 0 Å². The van der Waals surface area contributed by atoms with Gasteiger partial charge in [0, 0.05) is 0 Å². The summed E-state index contributed by atoms with van der Waals surface area (Å²) < 4.78 is 49.3. The lowest BCUT2D eigenvalue weighted by molar-refractivity contribution is -0.402. The van der Waals surface area contributed by atoms with E-state index < -0.39 is 187 Å². The van der Waals surface area contributed by atoms with E-state index in [0.717, 1.165) is 0 Å². The van der Waals surface area contributed by atoms with Gasteiger partial charge in [0.25, 0.3) is 0 Å². The van der Waals surface area contributed by atoms with Crippen molar-refractivity contribution in [1.29, 1.82) is 0 Å². The van der Waals surface area contributed by atoms with Crippen molar-refractivity contribution < 1.29 is 129 Å². The van der Waals surface area contributed by atoms with E-state index in [1.807, 2.05) is 0 Å². The maximum absolute atomic E-state index is 11.4. The molecule has 17 N–H and O–H groups in total. The van der Waals surface area contributed by atoms with Gasteiger partial charge in [0.15, 0.2) is 31.5 Å². The van der Waals surface area contributed by atoms with E-state index in [2.05, 4.69) is 0 Å². The summed E-state index contributed by atoms with van der Waals surface area (Å²) in [4.78, 5) is 0. The molecule has 26 nitrogen and oxygen atoms in total. The van der Waals surface area contributed by atoms with Gasteiger partial charge in [0.05, 0.1) is 33.0 Å². The van der Waals surface area contributed by atoms with Gasteiger partial charge >= 0.3 is 0 Å². The Bertz CT molecular complexity index is 1210. The van der Waals surface area contributed by atoms with Crippen LogP contribution >= 0.6 is 0 Å². The third-order valence-electron chi connectivity index (χ3n) is 10.3. The van der Waals surface area contributed by atoms with E-state index in [4.69, 9.17) is 42.6 Å². The molecule has 0 radical (unpaired) electrons. The number of hydrogen-bond acceptors (Lipinski definition) is 26. The Kier molecular flexibility index (Phi) is 16.1. The largest absolute Gasteiger partial charge is 0.394 e. The minimum atomic E-state index is -2.20. The Morgan fingerprint density at radius 3 is 1.00 bits per heavy atom. The molecule has 5 aliphatic rings. The lowest BCUT2D eigenvalue weighted by Crippen LogP contribution is -2.68. The molecule has 328 valence electrons. The van der Waals surface area contributed by atoms with Gasteiger partial charge in [-0.15, -0.1) is 0 Å². The highest BCUT2D eigenvalue weighted by atomic mass is 16.8. The molecule has 0 spiro atoms. The van der Waals surface area contributed by atoms with Crippen LogP contribution in [0.25, 0.3) is 0 Å². The fourth-order valence-corrected chi connectivity index (χ4v) is 6.98. The van der Waals surface area contributed by atoms with Crippen LogP contribution in [0.3, 0.4) is 0 Å². The Labute approximate surface area is 316 Å². The molecule has 0 saturated carbocycles. The lowest BCUT2D eigenvalue weighted by atomic mass is 9.95. The van der Waals surface area contributed by atoms with Crippen molar-refractivity contribution in [2.75, 3.05) is 33.0 Å². The number of rotatable bonds is 13. The van der Waals surface area contributed by atoms with Gasteiger partial charge in [-0.25, -0.2) is 0 Å². The summed E-state index contributed by atoms with van der Waals surface area (Å²) in [6, 6.07) is 0. The van der Waals surface area contributed by atoms with Crippen LogP contribution in [-0.4, -0.2) is 273 Å². The van der Waals surface area contributed by atoms with Gasteiger partial charge in [0.2, 0.25) is 0 Å². The predicted molar refractivity (Wildman–Crippen MR) is 167 cm³/mol. The Morgan fingerprint density at radius 1 is 0.268 bits per heavy atom. The maximum atomic E-state index is 11.4. The van der Waals surface area contributed by atoms with E-state index in [9.17, 15) is 86.8 Å². The zero-order chi connectivity index (χ0) is 41.3. The first-order valence-corrected chi connectivity index (χ1v) is 17.6. The summed E-state index contributed by atoms with van der Waals surface area (Å²) in [6.45, 7) is -4.55. The van der Waals surface area contributed by atoms with Crippen molar-refractivity contribution in [3.63, 3.8) is 0 Å². The molecule has 5 heterocycles. The zero-order valence-corrected chi connectivity index (χ0v) is 29.2. The van der Waals surface area contributed by atoms with Crippen molar-refractivity contribution in [2.45, 2.75) is 154 Å². The van der Waals surface area contributed by atoms with Crippen LogP contribution in [0.2, 0.25) is 0 Å². The summed E-state index contributed by atoms with van der Waals surface area (Å²) in [5.74, 6) is 0. The Balaban J connectivity index is 1.36. The molecule has 5 aliphatic heterocycles. The molecule has 1 unspecified atom stereocenters. The normalized spacial score (nSPS) is 53.2. The molecule has 0 aromatic heterocycles. The molecule has 5 fully saturated rings. The van der Waals surface area contributed by atoms with Crippen LogP contribution in [0.4, 0.5) is 0 Å². The van der Waals surface area contributed by atoms with E-state index in [-0.39, 0.29) is 0 Å². The Hall–Kier alpha value is -1.04. The molecule has 0 amide bonds. The summed E-state index contributed by atoms with van der Waals surface area (Å²) >= 11 is 0. The molecular formula is C30H52O26. The van der Waals surface area contributed by atoms with E-state index in [1.54, 1.807) is 0 Å². The van der Waals surface area contributed by atoms with Crippen molar-refractivity contribution in [1.82, 2.24) is 0 Å². The second-order valence-corrected chi connectivity index (χ2v) is 13.9. The van der Waals surface area contributed by atoms with Gasteiger partial charge in [-0.05, 0) is 0 Å². The summed E-state index contributed by atoms with van der Waals surface area (Å²) in [6.07, 6.45) is -47.4. The molecule has 25 atom stereocenters. The number of ether oxygens (including phenoxy) is 9. The molecule has 26 heteroatoms. The first-order chi connectivity index (χ1) is 26.5. The zero-order valence-electron chi connectivity index (χ0n) is 29.2. The van der Waals surface area contributed by atoms with Gasteiger partial charge in [0.1, 0.15) is 122 Å². The molecule has 5 saturated heterocycles. The van der Waals surface area contributed by atoms with Crippen LogP contribution in [-0.2, 0) is 42.6 Å². The second-order valence-electron chi connectivity index (χ2n) is 13.9. The fourth-order valence-electron chi connectivity index (χ4n) is 6.98. The minimum Gasteiger partial charge on any atom is -0.394 e. The van der Waals surface area contributed by atoms with E-state index in [0.29, 0.717) is 0 Å². The van der Waals surface area contributed by atoms with Crippen molar-refractivity contribution in [3.05, 3.63) is 0 Å². The number of hydrogen-bond donors (Lipinski definition) is 17. The molecule has 0 bridgehead atoms. The monoisotopic (exact) mass is 828 g/mol. The third kappa shape index (κ3) is 9.16. The third-order valence-corrected chi connectivity index (χ3v) is 10.3. The van der Waals surface area contributed by atoms with Crippen molar-refractivity contribution >= 4 is 0 Å². The van der Waals surface area contributed by atoms with E-state index in [1.165, 1.54) is 0 Å². The topological polar surface area (TPSA) is 427 Å². The second kappa shape index (κ2) is 19.6. The van der Waals surface area contributed by atoms with Gasteiger partial charge in [-0.2, -0.15) is 0 Å². The molecule has 0 aliphatic carbocycles. The highest BCUT2D eigenvalue weighted by Crippen LogP contribution is 2.36. The summed E-state index contributed by atoms with van der Waals surface area (Å²) in [7, 11) is 0. The highest BCUT2D eigenvalue weighted by molar-refractivity contribution is 4.99. The summed E-state index contributed by atoms with van der Waals surface area (Å²) in [5, 5.41) is 177. The van der Waals surface area contributed by atoms with Crippen LogP contribution < -0.4 is 0 Å². The number of aliphatic hydroxyl groups is 17. The molecule has 56 heavy (non-hydrogen) atoms. The molecule has 0 aromatic carbocycles. The van der Waals surface area contributed by atoms with Crippen molar-refractivity contribution in [3.8, 4) is 0 Å². The molecule has 0 aromatic rings. The van der Waals surface area contributed by atoms with Gasteiger partial charge < -0.3 is 129 Å². The average Bonchev–Trinajstić information content (AvgIpc) is 3.18. The van der Waals surface area contributed by atoms with Crippen LogP contribution in [0, 0.1) is 0 Å². The molecule has 5 rings (SSSR count). The van der Waals surface area contributed by atoms with Gasteiger partial charge in [-0.1, -0.05) is 0 Å². The van der Waals surface area contributed by atoms with Gasteiger partial charge in [-0.3, -0.25) is 0 Å². The maximum Gasteiger partial charge on any atom is 0.187 e. The fraction of sp³-hybridized carbons (Fsp3) is 1.00. The first-order valence-electron chi connectivity index (χ1n) is 17.6. The lowest BCUT2D eigenvalue weighted by Gasteiger charge is -2.49. The smallest absolute Gasteiger partial charge is 0.187 e. The van der Waals surface area contributed by atoms with Crippen LogP contribution in [0.1, 0.15) is 0 Å². The van der Waals surface area contributed by atoms with Crippen LogP contribution in [0.5, 0.6) is 0 Å². The Morgan fingerprint density at radius 2 is 0.571 bits per heavy atom. The molecular weight excluding hydrogens is 776 g/mol. The quantitative estimate of drug-likeness (QED) is 0.0819. The van der Waals surface area contributed by atoms with Crippen LogP contribution in [0.15, 0.2) is 0 Å². The number of aliphatic hydroxyl groups excluding tert-OH is 17. The minimum absolute atomic E-state index is 0.820. The predicted octanol–water partition coefficient (Wildman–Crippen LogP) is -11.9.